The quantitative estimate of drug-likeness (QED) is 0.725. The lowest BCUT2D eigenvalue weighted by molar-refractivity contribution is -0.182. The van der Waals surface area contributed by atoms with Gasteiger partial charge in [-0.2, -0.15) is 0 Å². The smallest absolute Gasteiger partial charge is 0.184 e. The first-order valence-corrected chi connectivity index (χ1v) is 5.66. The maximum atomic E-state index is 5.65. The van der Waals surface area contributed by atoms with Crippen LogP contribution in [-0.2, 0) is 9.47 Å². The molecule has 3 rings (SSSR count). The van der Waals surface area contributed by atoms with E-state index >= 15 is 0 Å². The van der Waals surface area contributed by atoms with Crippen LogP contribution >= 0.6 is 0 Å². The van der Waals surface area contributed by atoms with Crippen LogP contribution in [0.1, 0.15) is 18.3 Å². The molecule has 0 bridgehead atoms. The van der Waals surface area contributed by atoms with Crippen LogP contribution < -0.4 is 0 Å². The average Bonchev–Trinajstić information content (AvgIpc) is 2.39. The number of hydrogen-bond acceptors (Lipinski definition) is 2. The molecule has 1 heterocycles. The first-order chi connectivity index (χ1) is 7.95. The third-order valence-corrected chi connectivity index (χ3v) is 2.90. The number of hydrogen-bond donors (Lipinski definition) is 0. The zero-order valence-corrected chi connectivity index (χ0v) is 9.06. The lowest BCUT2D eigenvalue weighted by Gasteiger charge is -2.24. The van der Waals surface area contributed by atoms with Gasteiger partial charge in [-0.1, -0.05) is 42.5 Å². The summed E-state index contributed by atoms with van der Waals surface area (Å²) in [7, 11) is 0. The number of rotatable bonds is 1. The molecule has 0 atom stereocenters. The van der Waals surface area contributed by atoms with Crippen molar-refractivity contribution in [3.8, 4) is 0 Å². The summed E-state index contributed by atoms with van der Waals surface area (Å²) in [6.07, 6.45) is 0.793. The van der Waals surface area contributed by atoms with E-state index in [4.69, 9.17) is 9.47 Å². The maximum absolute atomic E-state index is 5.65. The summed E-state index contributed by atoms with van der Waals surface area (Å²) in [5, 5.41) is 2.45. The Balaban J connectivity index is 2.08. The van der Waals surface area contributed by atoms with Crippen molar-refractivity contribution in [2.75, 3.05) is 13.2 Å². The van der Waals surface area contributed by atoms with Crippen molar-refractivity contribution in [3.05, 3.63) is 48.0 Å². The first kappa shape index (κ1) is 9.82. The SMILES string of the molecule is c1ccc2c(C3OCCCO3)cccc2c1. The molecule has 0 aliphatic carbocycles. The Morgan fingerprint density at radius 2 is 1.62 bits per heavy atom. The van der Waals surface area contributed by atoms with Crippen LogP contribution in [-0.4, -0.2) is 13.2 Å². The molecule has 0 aromatic heterocycles. The van der Waals surface area contributed by atoms with Gasteiger partial charge in [0.2, 0.25) is 0 Å². The highest BCUT2D eigenvalue weighted by atomic mass is 16.7. The van der Waals surface area contributed by atoms with E-state index in [9.17, 15) is 0 Å². The molecular weight excluding hydrogens is 200 g/mol. The predicted molar refractivity (Wildman–Crippen MR) is 63.2 cm³/mol. The summed E-state index contributed by atoms with van der Waals surface area (Å²) in [5.41, 5.74) is 1.14. The van der Waals surface area contributed by atoms with Gasteiger partial charge in [0, 0.05) is 5.56 Å². The van der Waals surface area contributed by atoms with Crippen LogP contribution in [0.25, 0.3) is 10.8 Å². The van der Waals surface area contributed by atoms with Gasteiger partial charge in [0.1, 0.15) is 0 Å². The number of ether oxygens (including phenoxy) is 2. The highest BCUT2D eigenvalue weighted by molar-refractivity contribution is 5.85. The molecule has 2 heteroatoms. The molecule has 0 radical (unpaired) electrons. The van der Waals surface area contributed by atoms with Gasteiger partial charge in [0.25, 0.3) is 0 Å². The monoisotopic (exact) mass is 214 g/mol. The van der Waals surface area contributed by atoms with Crippen molar-refractivity contribution < 1.29 is 9.47 Å². The molecule has 2 aromatic rings. The molecule has 0 saturated carbocycles. The molecule has 2 aromatic carbocycles. The van der Waals surface area contributed by atoms with Gasteiger partial charge >= 0.3 is 0 Å². The van der Waals surface area contributed by atoms with Crippen LogP contribution in [0.4, 0.5) is 0 Å². The molecule has 1 aliphatic heterocycles. The van der Waals surface area contributed by atoms with E-state index in [-0.39, 0.29) is 6.29 Å². The largest absolute Gasteiger partial charge is 0.348 e. The third-order valence-electron chi connectivity index (χ3n) is 2.90. The molecule has 0 unspecified atom stereocenters. The summed E-state index contributed by atoms with van der Waals surface area (Å²) in [6, 6.07) is 14.6. The fourth-order valence-corrected chi connectivity index (χ4v) is 2.12. The van der Waals surface area contributed by atoms with Crippen molar-refractivity contribution in [2.24, 2.45) is 0 Å². The van der Waals surface area contributed by atoms with Crippen molar-refractivity contribution in [1.29, 1.82) is 0 Å². The Kier molecular flexibility index (Phi) is 2.60. The highest BCUT2D eigenvalue weighted by Gasteiger charge is 2.18. The Morgan fingerprint density at radius 3 is 2.50 bits per heavy atom. The molecular formula is C14H14O2. The van der Waals surface area contributed by atoms with Crippen LogP contribution in [0.15, 0.2) is 42.5 Å². The van der Waals surface area contributed by atoms with E-state index in [1.54, 1.807) is 0 Å². The van der Waals surface area contributed by atoms with Crippen LogP contribution in [0.2, 0.25) is 0 Å². The first-order valence-electron chi connectivity index (χ1n) is 5.66. The van der Waals surface area contributed by atoms with Gasteiger partial charge in [-0.05, 0) is 17.2 Å². The van der Waals surface area contributed by atoms with E-state index < -0.39 is 0 Å². The predicted octanol–water partition coefficient (Wildman–Crippen LogP) is 3.28. The van der Waals surface area contributed by atoms with Gasteiger partial charge in [-0.3, -0.25) is 0 Å². The summed E-state index contributed by atoms with van der Waals surface area (Å²) < 4.78 is 11.3. The lowest BCUT2D eigenvalue weighted by Crippen LogP contribution is -2.17. The van der Waals surface area contributed by atoms with Crippen LogP contribution in [0.3, 0.4) is 0 Å². The highest BCUT2D eigenvalue weighted by Crippen LogP contribution is 2.29. The van der Waals surface area contributed by atoms with Crippen LogP contribution in [0, 0.1) is 0 Å². The lowest BCUT2D eigenvalue weighted by atomic mass is 10.0. The topological polar surface area (TPSA) is 18.5 Å². The number of fused-ring (bicyclic) bond motifs is 1. The molecule has 0 spiro atoms. The van der Waals surface area contributed by atoms with E-state index in [1.807, 2.05) is 0 Å². The minimum atomic E-state index is -0.195. The van der Waals surface area contributed by atoms with Gasteiger partial charge < -0.3 is 9.47 Å². The van der Waals surface area contributed by atoms with E-state index in [1.165, 1.54) is 10.8 Å². The normalized spacial score (nSPS) is 17.8. The average molecular weight is 214 g/mol. The van der Waals surface area contributed by atoms with E-state index in [2.05, 4.69) is 42.5 Å². The van der Waals surface area contributed by atoms with Crippen molar-refractivity contribution >= 4 is 10.8 Å². The maximum Gasteiger partial charge on any atom is 0.184 e. The minimum Gasteiger partial charge on any atom is -0.348 e. The molecule has 1 aliphatic rings. The van der Waals surface area contributed by atoms with E-state index in [0.717, 1.165) is 25.2 Å². The Bertz CT molecular complexity index is 482. The summed E-state index contributed by atoms with van der Waals surface area (Å²) >= 11 is 0. The standard InChI is InChI=1S/C14H14O2/c1-2-7-12-11(5-1)6-3-8-13(12)14-15-9-4-10-16-14/h1-3,5-8,14H,4,9-10H2. The van der Waals surface area contributed by atoms with Gasteiger partial charge in [0.05, 0.1) is 13.2 Å². The summed E-state index contributed by atoms with van der Waals surface area (Å²) in [5.74, 6) is 0. The Hall–Kier alpha value is -1.38. The van der Waals surface area contributed by atoms with Gasteiger partial charge in [-0.25, -0.2) is 0 Å². The Morgan fingerprint density at radius 1 is 0.875 bits per heavy atom. The molecule has 1 saturated heterocycles. The van der Waals surface area contributed by atoms with Gasteiger partial charge in [0.15, 0.2) is 6.29 Å². The second kappa shape index (κ2) is 4.24. The summed E-state index contributed by atoms with van der Waals surface area (Å²) in [6.45, 7) is 1.57. The van der Waals surface area contributed by atoms with Crippen molar-refractivity contribution in [2.45, 2.75) is 12.7 Å². The third kappa shape index (κ3) is 1.70. The van der Waals surface area contributed by atoms with Gasteiger partial charge in [-0.15, -0.1) is 0 Å². The summed E-state index contributed by atoms with van der Waals surface area (Å²) in [4.78, 5) is 0. The molecule has 0 N–H and O–H groups in total. The van der Waals surface area contributed by atoms with Crippen molar-refractivity contribution in [3.63, 3.8) is 0 Å². The second-order valence-corrected chi connectivity index (χ2v) is 4.00. The van der Waals surface area contributed by atoms with Crippen molar-refractivity contribution in [1.82, 2.24) is 0 Å². The molecule has 2 nitrogen and oxygen atoms in total. The molecule has 0 amide bonds. The molecule has 16 heavy (non-hydrogen) atoms. The molecule has 1 fully saturated rings. The fraction of sp³-hybridized carbons (Fsp3) is 0.286. The number of benzene rings is 2. The second-order valence-electron chi connectivity index (χ2n) is 4.00. The zero-order valence-electron chi connectivity index (χ0n) is 9.06. The Labute approximate surface area is 94.8 Å². The fourth-order valence-electron chi connectivity index (χ4n) is 2.12. The van der Waals surface area contributed by atoms with E-state index in [0.29, 0.717) is 0 Å². The zero-order chi connectivity index (χ0) is 10.8. The van der Waals surface area contributed by atoms with Crippen LogP contribution in [0.5, 0.6) is 0 Å². The molecule has 82 valence electrons. The minimum absolute atomic E-state index is 0.195.